The summed E-state index contributed by atoms with van der Waals surface area (Å²) < 4.78 is 5.35. The highest BCUT2D eigenvalue weighted by molar-refractivity contribution is 6.30. The van der Waals surface area contributed by atoms with Crippen molar-refractivity contribution in [2.75, 3.05) is 6.61 Å². The minimum atomic E-state index is -0.115. The first-order valence-electron chi connectivity index (χ1n) is 3.96. The highest BCUT2D eigenvalue weighted by Crippen LogP contribution is 2.15. The third kappa shape index (κ3) is 4.67. The van der Waals surface area contributed by atoms with Crippen molar-refractivity contribution in [3.8, 4) is 5.75 Å². The topological polar surface area (TPSA) is 44.5 Å². The lowest BCUT2D eigenvalue weighted by Crippen LogP contribution is -2.21. The molecule has 1 aromatic carbocycles. The average Bonchev–Trinajstić information content (AvgIpc) is 2.16. The zero-order chi connectivity index (χ0) is 9.68. The van der Waals surface area contributed by atoms with Gasteiger partial charge in [-0.25, -0.2) is 5.90 Å². The number of rotatable bonds is 4. The summed E-state index contributed by atoms with van der Waals surface area (Å²) in [4.78, 5) is 4.54. The van der Waals surface area contributed by atoms with E-state index in [0.717, 1.165) is 5.75 Å². The third-order valence-electron chi connectivity index (χ3n) is 1.53. The Balaban J connectivity index is 0.00000169. The normalized spacial score (nSPS) is 11.6. The van der Waals surface area contributed by atoms with Crippen LogP contribution < -0.4 is 10.6 Å². The van der Waals surface area contributed by atoms with Crippen LogP contribution in [0.4, 0.5) is 0 Å². The number of hydrogen-bond donors (Lipinski definition) is 1. The molecule has 1 aromatic rings. The fourth-order valence-electron chi connectivity index (χ4n) is 0.784. The number of benzene rings is 1. The van der Waals surface area contributed by atoms with E-state index < -0.39 is 0 Å². The van der Waals surface area contributed by atoms with E-state index in [-0.39, 0.29) is 18.5 Å². The standard InChI is InChI=1S/C9H12ClNO2.ClH/c1-7(13-11)6-12-9-4-2-8(10)3-5-9;/h2-5,7H,6,11H2,1H3;1H. The van der Waals surface area contributed by atoms with Gasteiger partial charge in [-0.15, -0.1) is 12.4 Å². The molecule has 1 unspecified atom stereocenters. The number of ether oxygens (including phenoxy) is 1. The molecule has 5 heteroatoms. The molecule has 0 spiro atoms. The lowest BCUT2D eigenvalue weighted by Gasteiger charge is -2.10. The molecule has 1 rings (SSSR count). The van der Waals surface area contributed by atoms with E-state index in [4.69, 9.17) is 22.2 Å². The molecule has 0 bridgehead atoms. The van der Waals surface area contributed by atoms with Gasteiger partial charge in [-0.3, -0.25) is 4.84 Å². The van der Waals surface area contributed by atoms with Crippen molar-refractivity contribution < 1.29 is 9.57 Å². The summed E-state index contributed by atoms with van der Waals surface area (Å²) in [6.45, 7) is 2.26. The van der Waals surface area contributed by atoms with Crippen LogP contribution in [0.15, 0.2) is 24.3 Å². The van der Waals surface area contributed by atoms with E-state index in [9.17, 15) is 0 Å². The predicted octanol–water partition coefficient (Wildman–Crippen LogP) is 2.42. The zero-order valence-corrected chi connectivity index (χ0v) is 9.35. The van der Waals surface area contributed by atoms with Gasteiger partial charge in [0.1, 0.15) is 18.5 Å². The van der Waals surface area contributed by atoms with Crippen molar-refractivity contribution in [1.82, 2.24) is 0 Å². The summed E-state index contributed by atoms with van der Waals surface area (Å²) in [6.07, 6.45) is -0.115. The van der Waals surface area contributed by atoms with Gasteiger partial charge in [0.25, 0.3) is 0 Å². The second kappa shape index (κ2) is 6.90. The molecule has 0 heterocycles. The Labute approximate surface area is 94.5 Å². The lowest BCUT2D eigenvalue weighted by molar-refractivity contribution is 0.0319. The van der Waals surface area contributed by atoms with Crippen LogP contribution in [-0.2, 0) is 4.84 Å². The minimum absolute atomic E-state index is 0. The zero-order valence-electron chi connectivity index (χ0n) is 7.77. The Kier molecular flexibility index (Phi) is 6.66. The van der Waals surface area contributed by atoms with Crippen LogP contribution in [0.1, 0.15) is 6.92 Å². The van der Waals surface area contributed by atoms with Crippen LogP contribution in [-0.4, -0.2) is 12.7 Å². The smallest absolute Gasteiger partial charge is 0.119 e. The fraction of sp³-hybridized carbons (Fsp3) is 0.333. The lowest BCUT2D eigenvalue weighted by atomic mass is 10.3. The van der Waals surface area contributed by atoms with Crippen molar-refractivity contribution in [1.29, 1.82) is 0 Å². The van der Waals surface area contributed by atoms with Gasteiger partial charge in [0.15, 0.2) is 0 Å². The number of halogens is 2. The molecule has 1 atom stereocenters. The van der Waals surface area contributed by atoms with Gasteiger partial charge in [0, 0.05) is 5.02 Å². The maximum Gasteiger partial charge on any atom is 0.119 e. The van der Waals surface area contributed by atoms with E-state index in [0.29, 0.717) is 11.6 Å². The van der Waals surface area contributed by atoms with Gasteiger partial charge < -0.3 is 4.74 Å². The molecule has 3 nitrogen and oxygen atoms in total. The Morgan fingerprint density at radius 2 is 1.93 bits per heavy atom. The largest absolute Gasteiger partial charge is 0.491 e. The summed E-state index contributed by atoms with van der Waals surface area (Å²) in [7, 11) is 0. The summed E-state index contributed by atoms with van der Waals surface area (Å²) in [5.74, 6) is 5.72. The molecule has 80 valence electrons. The Morgan fingerprint density at radius 3 is 2.43 bits per heavy atom. The third-order valence-corrected chi connectivity index (χ3v) is 1.78. The van der Waals surface area contributed by atoms with Gasteiger partial charge in [-0.05, 0) is 31.2 Å². The molecule has 0 aliphatic carbocycles. The minimum Gasteiger partial charge on any atom is -0.491 e. The van der Waals surface area contributed by atoms with E-state index in [1.165, 1.54) is 0 Å². The molecule has 2 N–H and O–H groups in total. The van der Waals surface area contributed by atoms with Crippen molar-refractivity contribution in [2.45, 2.75) is 13.0 Å². The molecule has 0 aliphatic rings. The molecular weight excluding hydrogens is 225 g/mol. The maximum absolute atomic E-state index is 5.70. The maximum atomic E-state index is 5.70. The van der Waals surface area contributed by atoms with Crippen LogP contribution in [0.5, 0.6) is 5.75 Å². The first-order valence-corrected chi connectivity index (χ1v) is 4.34. The molecule has 0 aliphatic heterocycles. The van der Waals surface area contributed by atoms with Crippen LogP contribution in [0.2, 0.25) is 5.02 Å². The molecule has 0 amide bonds. The second-order valence-electron chi connectivity index (χ2n) is 2.71. The van der Waals surface area contributed by atoms with Gasteiger partial charge in [0.2, 0.25) is 0 Å². The Bertz CT molecular complexity index is 253. The second-order valence-corrected chi connectivity index (χ2v) is 3.15. The van der Waals surface area contributed by atoms with Crippen LogP contribution >= 0.6 is 24.0 Å². The van der Waals surface area contributed by atoms with Crippen molar-refractivity contribution in [2.24, 2.45) is 5.90 Å². The van der Waals surface area contributed by atoms with Gasteiger partial charge in [-0.2, -0.15) is 0 Å². The highest BCUT2D eigenvalue weighted by Gasteiger charge is 2.00. The first-order chi connectivity index (χ1) is 6.22. The first kappa shape index (κ1) is 13.5. The van der Waals surface area contributed by atoms with Gasteiger partial charge in [0.05, 0.1) is 0 Å². The number of hydrogen-bond acceptors (Lipinski definition) is 3. The van der Waals surface area contributed by atoms with Crippen molar-refractivity contribution in [3.05, 3.63) is 29.3 Å². The predicted molar refractivity (Wildman–Crippen MR) is 58.9 cm³/mol. The molecule has 0 fully saturated rings. The van der Waals surface area contributed by atoms with E-state index in [1.54, 1.807) is 24.3 Å². The van der Waals surface area contributed by atoms with Crippen molar-refractivity contribution >= 4 is 24.0 Å². The summed E-state index contributed by atoms with van der Waals surface area (Å²) >= 11 is 5.70. The molecule has 0 saturated carbocycles. The Hall–Kier alpha value is -0.480. The SMILES string of the molecule is CC(COc1ccc(Cl)cc1)ON.Cl. The molecule has 0 radical (unpaired) electrons. The summed E-state index contributed by atoms with van der Waals surface area (Å²) in [6, 6.07) is 7.13. The monoisotopic (exact) mass is 237 g/mol. The average molecular weight is 238 g/mol. The summed E-state index contributed by atoms with van der Waals surface area (Å²) in [5.41, 5.74) is 0. The van der Waals surface area contributed by atoms with E-state index in [1.807, 2.05) is 6.92 Å². The molecule has 0 saturated heterocycles. The van der Waals surface area contributed by atoms with Crippen LogP contribution in [0.25, 0.3) is 0 Å². The highest BCUT2D eigenvalue weighted by atomic mass is 35.5. The van der Waals surface area contributed by atoms with Gasteiger partial charge >= 0.3 is 0 Å². The Morgan fingerprint density at radius 1 is 1.36 bits per heavy atom. The quantitative estimate of drug-likeness (QED) is 0.819. The summed E-state index contributed by atoms with van der Waals surface area (Å²) in [5, 5.41) is 0.690. The van der Waals surface area contributed by atoms with E-state index in [2.05, 4.69) is 4.84 Å². The molecule has 0 aromatic heterocycles. The fourth-order valence-corrected chi connectivity index (χ4v) is 0.910. The molecular formula is C9H13Cl2NO2. The number of nitrogens with two attached hydrogens (primary N) is 1. The van der Waals surface area contributed by atoms with Crippen LogP contribution in [0.3, 0.4) is 0 Å². The van der Waals surface area contributed by atoms with Gasteiger partial charge in [-0.1, -0.05) is 11.6 Å². The molecule has 14 heavy (non-hydrogen) atoms. The van der Waals surface area contributed by atoms with Crippen molar-refractivity contribution in [3.63, 3.8) is 0 Å². The van der Waals surface area contributed by atoms with Crippen LogP contribution in [0, 0.1) is 0 Å². The van der Waals surface area contributed by atoms with E-state index >= 15 is 0 Å².